The van der Waals surface area contributed by atoms with Crippen molar-refractivity contribution in [3.63, 3.8) is 0 Å². The number of aliphatic hydroxyl groups excluding tert-OH is 1. The van der Waals surface area contributed by atoms with Crippen LogP contribution in [0.5, 0.6) is 0 Å². The lowest BCUT2D eigenvalue weighted by molar-refractivity contribution is -0.121. The van der Waals surface area contributed by atoms with Crippen LogP contribution >= 0.6 is 0 Å². The third kappa shape index (κ3) is 3.30. The number of aliphatic hydroxyl groups is 1. The fourth-order valence-corrected chi connectivity index (χ4v) is 1.51. The number of aryl methyl sites for hydroxylation is 1. The van der Waals surface area contributed by atoms with E-state index < -0.39 is 0 Å². The molecule has 0 saturated heterocycles. The van der Waals surface area contributed by atoms with Crippen LogP contribution in [0.4, 0.5) is 5.69 Å². The summed E-state index contributed by atoms with van der Waals surface area (Å²) in [5.41, 5.74) is 2.07. The van der Waals surface area contributed by atoms with Crippen molar-refractivity contribution in [1.29, 1.82) is 5.26 Å². The van der Waals surface area contributed by atoms with Crippen LogP contribution < -0.4 is 5.32 Å². The first kappa shape index (κ1) is 13.2. The molecule has 1 atom stereocenters. The van der Waals surface area contributed by atoms with Gasteiger partial charge in [0.2, 0.25) is 5.91 Å². The number of hydrogen-bond donors (Lipinski definition) is 2. The Balaban J connectivity index is 2.79. The zero-order valence-electron chi connectivity index (χ0n) is 10.0. The van der Waals surface area contributed by atoms with Gasteiger partial charge in [-0.1, -0.05) is 6.92 Å². The van der Waals surface area contributed by atoms with Crippen molar-refractivity contribution < 1.29 is 9.90 Å². The zero-order valence-corrected chi connectivity index (χ0v) is 10.0. The number of carbonyl (C=O) groups is 1. The van der Waals surface area contributed by atoms with Crippen LogP contribution in [0.25, 0.3) is 0 Å². The molecule has 1 aromatic rings. The van der Waals surface area contributed by atoms with Gasteiger partial charge in [0.25, 0.3) is 0 Å². The van der Waals surface area contributed by atoms with Gasteiger partial charge >= 0.3 is 0 Å². The normalized spacial score (nSPS) is 11.6. The van der Waals surface area contributed by atoms with Crippen LogP contribution in [0.3, 0.4) is 0 Å². The SMILES string of the molecule is CCC(CO)C(=O)Nc1ccc(C#N)c(C)c1. The smallest absolute Gasteiger partial charge is 0.229 e. The third-order valence-corrected chi connectivity index (χ3v) is 2.70. The van der Waals surface area contributed by atoms with Crippen molar-refractivity contribution in [2.75, 3.05) is 11.9 Å². The molecule has 0 aliphatic rings. The van der Waals surface area contributed by atoms with E-state index in [0.29, 0.717) is 17.7 Å². The van der Waals surface area contributed by atoms with E-state index in [1.165, 1.54) is 0 Å². The topological polar surface area (TPSA) is 73.1 Å². The van der Waals surface area contributed by atoms with Gasteiger partial charge in [-0.25, -0.2) is 0 Å². The first-order valence-electron chi connectivity index (χ1n) is 5.54. The van der Waals surface area contributed by atoms with Crippen molar-refractivity contribution in [3.05, 3.63) is 29.3 Å². The van der Waals surface area contributed by atoms with E-state index in [9.17, 15) is 4.79 Å². The number of nitrogens with zero attached hydrogens (tertiary/aromatic N) is 1. The summed E-state index contributed by atoms with van der Waals surface area (Å²) in [5.74, 6) is -0.579. The molecule has 0 aliphatic heterocycles. The number of nitriles is 1. The van der Waals surface area contributed by atoms with Crippen LogP contribution in [0.2, 0.25) is 0 Å². The highest BCUT2D eigenvalue weighted by molar-refractivity contribution is 5.92. The Bertz CT molecular complexity index is 445. The van der Waals surface area contributed by atoms with Crippen LogP contribution in [-0.2, 0) is 4.79 Å². The first-order chi connectivity index (χ1) is 8.12. The summed E-state index contributed by atoms with van der Waals surface area (Å²) in [6.07, 6.45) is 0.595. The maximum absolute atomic E-state index is 11.7. The van der Waals surface area contributed by atoms with Gasteiger partial charge in [0.15, 0.2) is 0 Å². The molecule has 0 heterocycles. The predicted octanol–water partition coefficient (Wildman–Crippen LogP) is 1.82. The Hall–Kier alpha value is -1.86. The average molecular weight is 232 g/mol. The van der Waals surface area contributed by atoms with Gasteiger partial charge in [0.05, 0.1) is 24.2 Å². The predicted molar refractivity (Wildman–Crippen MR) is 65.4 cm³/mol. The Morgan fingerprint density at radius 1 is 1.59 bits per heavy atom. The number of hydrogen-bond acceptors (Lipinski definition) is 3. The summed E-state index contributed by atoms with van der Waals surface area (Å²) in [6, 6.07) is 7.18. The van der Waals surface area contributed by atoms with E-state index in [0.717, 1.165) is 5.56 Å². The third-order valence-electron chi connectivity index (χ3n) is 2.70. The van der Waals surface area contributed by atoms with Gasteiger partial charge in [-0.2, -0.15) is 5.26 Å². The van der Waals surface area contributed by atoms with E-state index in [4.69, 9.17) is 10.4 Å². The van der Waals surface area contributed by atoms with Crippen LogP contribution in [0, 0.1) is 24.2 Å². The highest BCUT2D eigenvalue weighted by Gasteiger charge is 2.15. The number of nitrogens with one attached hydrogen (secondary N) is 1. The zero-order chi connectivity index (χ0) is 12.8. The first-order valence-corrected chi connectivity index (χ1v) is 5.54. The molecule has 0 spiro atoms. The van der Waals surface area contributed by atoms with Crippen molar-refractivity contribution >= 4 is 11.6 Å². The molecule has 0 fully saturated rings. The minimum Gasteiger partial charge on any atom is -0.396 e. The highest BCUT2D eigenvalue weighted by Crippen LogP contribution is 2.15. The average Bonchev–Trinajstić information content (AvgIpc) is 2.31. The summed E-state index contributed by atoms with van der Waals surface area (Å²) < 4.78 is 0. The number of carbonyl (C=O) groups excluding carboxylic acids is 1. The second-order valence-corrected chi connectivity index (χ2v) is 3.92. The summed E-state index contributed by atoms with van der Waals surface area (Å²) >= 11 is 0. The lowest BCUT2D eigenvalue weighted by Gasteiger charge is -2.12. The minimum absolute atomic E-state index is 0.155. The van der Waals surface area contributed by atoms with Gasteiger partial charge < -0.3 is 10.4 Å². The van der Waals surface area contributed by atoms with E-state index in [-0.39, 0.29) is 18.4 Å². The number of amides is 1. The van der Waals surface area contributed by atoms with Crippen LogP contribution in [0.15, 0.2) is 18.2 Å². The second kappa shape index (κ2) is 6.02. The van der Waals surface area contributed by atoms with Crippen molar-refractivity contribution in [3.8, 4) is 6.07 Å². The second-order valence-electron chi connectivity index (χ2n) is 3.92. The molecular formula is C13H16N2O2. The summed E-state index contributed by atoms with van der Waals surface area (Å²) in [7, 11) is 0. The monoisotopic (exact) mass is 232 g/mol. The Labute approximate surface area is 101 Å². The molecule has 1 amide bonds. The fourth-order valence-electron chi connectivity index (χ4n) is 1.51. The molecule has 4 heteroatoms. The minimum atomic E-state index is -0.383. The summed E-state index contributed by atoms with van der Waals surface area (Å²) in [4.78, 5) is 11.7. The molecule has 0 bridgehead atoms. The van der Waals surface area contributed by atoms with Crippen molar-refractivity contribution in [1.82, 2.24) is 0 Å². The lowest BCUT2D eigenvalue weighted by Crippen LogP contribution is -2.25. The van der Waals surface area contributed by atoms with E-state index in [2.05, 4.69) is 11.4 Å². The van der Waals surface area contributed by atoms with E-state index in [1.54, 1.807) is 18.2 Å². The van der Waals surface area contributed by atoms with Gasteiger partial charge in [0, 0.05) is 5.69 Å². The van der Waals surface area contributed by atoms with Gasteiger partial charge in [0.1, 0.15) is 0 Å². The largest absolute Gasteiger partial charge is 0.396 e. The molecule has 0 aliphatic carbocycles. The van der Waals surface area contributed by atoms with Crippen molar-refractivity contribution in [2.24, 2.45) is 5.92 Å². The highest BCUT2D eigenvalue weighted by atomic mass is 16.3. The quantitative estimate of drug-likeness (QED) is 0.831. The Morgan fingerprint density at radius 3 is 2.76 bits per heavy atom. The molecule has 2 N–H and O–H groups in total. The summed E-state index contributed by atoms with van der Waals surface area (Å²) in [6.45, 7) is 3.51. The number of benzene rings is 1. The molecule has 0 radical (unpaired) electrons. The maximum atomic E-state index is 11.7. The Kier molecular flexibility index (Phi) is 4.68. The standard InChI is InChI=1S/C13H16N2O2/c1-3-10(8-16)13(17)15-12-5-4-11(7-14)9(2)6-12/h4-6,10,16H,3,8H2,1-2H3,(H,15,17). The van der Waals surface area contributed by atoms with Crippen molar-refractivity contribution in [2.45, 2.75) is 20.3 Å². The fraction of sp³-hybridized carbons (Fsp3) is 0.385. The molecule has 0 aromatic heterocycles. The molecule has 1 aromatic carbocycles. The molecular weight excluding hydrogens is 216 g/mol. The molecule has 4 nitrogen and oxygen atoms in total. The Morgan fingerprint density at radius 2 is 2.29 bits per heavy atom. The van der Waals surface area contributed by atoms with Crippen LogP contribution in [-0.4, -0.2) is 17.6 Å². The van der Waals surface area contributed by atoms with E-state index >= 15 is 0 Å². The van der Waals surface area contributed by atoms with Gasteiger partial charge in [-0.3, -0.25) is 4.79 Å². The van der Waals surface area contributed by atoms with Gasteiger partial charge in [-0.15, -0.1) is 0 Å². The molecule has 0 saturated carbocycles. The number of rotatable bonds is 4. The molecule has 1 rings (SSSR count). The van der Waals surface area contributed by atoms with E-state index in [1.807, 2.05) is 13.8 Å². The lowest BCUT2D eigenvalue weighted by atomic mass is 10.1. The molecule has 17 heavy (non-hydrogen) atoms. The maximum Gasteiger partial charge on any atom is 0.229 e. The number of anilines is 1. The van der Waals surface area contributed by atoms with Gasteiger partial charge in [-0.05, 0) is 37.1 Å². The van der Waals surface area contributed by atoms with Crippen LogP contribution in [0.1, 0.15) is 24.5 Å². The molecule has 90 valence electrons. The molecule has 1 unspecified atom stereocenters. The summed E-state index contributed by atoms with van der Waals surface area (Å²) in [5, 5.41) is 20.5.